The van der Waals surface area contributed by atoms with Gasteiger partial charge in [-0.2, -0.15) is 13.2 Å². The minimum atomic E-state index is -4.67. The minimum absolute atomic E-state index is 0.127. The van der Waals surface area contributed by atoms with Gasteiger partial charge in [-0.25, -0.2) is 9.67 Å². The molecule has 0 saturated heterocycles. The smallest absolute Gasteiger partial charge is 0.394 e. The van der Waals surface area contributed by atoms with Crippen LogP contribution in [0.4, 0.5) is 13.2 Å². The van der Waals surface area contributed by atoms with Crippen molar-refractivity contribution in [2.75, 3.05) is 6.61 Å². The van der Waals surface area contributed by atoms with Crippen molar-refractivity contribution in [1.82, 2.24) is 29.9 Å². The molecule has 9 nitrogen and oxygen atoms in total. The van der Waals surface area contributed by atoms with Crippen molar-refractivity contribution >= 4 is 17.5 Å². The third-order valence-corrected chi connectivity index (χ3v) is 7.62. The maximum Gasteiger partial charge on any atom is 0.436 e. The van der Waals surface area contributed by atoms with Gasteiger partial charge < -0.3 is 10.4 Å². The summed E-state index contributed by atoms with van der Waals surface area (Å²) in [6.07, 6.45) is -0.271. The van der Waals surface area contributed by atoms with Gasteiger partial charge in [0, 0.05) is 22.6 Å². The van der Waals surface area contributed by atoms with Gasteiger partial charge in [-0.3, -0.25) is 14.2 Å². The lowest BCUT2D eigenvalue weighted by Gasteiger charge is -2.25. The van der Waals surface area contributed by atoms with Gasteiger partial charge in [-0.1, -0.05) is 54.4 Å². The number of fused-ring (bicyclic) bond motifs is 2. The maximum atomic E-state index is 13.6. The van der Waals surface area contributed by atoms with Crippen LogP contribution in [0.15, 0.2) is 65.8 Å². The fraction of sp³-hybridized carbons (Fsp3) is 0.345. The molecule has 0 saturated carbocycles. The molecule has 1 aliphatic heterocycles. The third-order valence-electron chi connectivity index (χ3n) is 7.38. The Hall–Kier alpha value is -4.03. The molecule has 2 bridgehead atoms. The first-order valence-corrected chi connectivity index (χ1v) is 13.8. The molecule has 3 heterocycles. The fourth-order valence-electron chi connectivity index (χ4n) is 5.15. The SMILES string of the molecule is C[C@@H]1CCC[C@H](n2cnc(-c3cc(Cl)ccc3-n3cc(C(F)(F)F)nn3)cc2=O)c2cccc(c2)C[C@H](CO)NC1=O. The Balaban J connectivity index is 1.53. The van der Waals surface area contributed by atoms with Crippen LogP contribution < -0.4 is 10.9 Å². The molecule has 1 amide bonds. The van der Waals surface area contributed by atoms with Gasteiger partial charge in [-0.15, -0.1) is 5.10 Å². The minimum Gasteiger partial charge on any atom is -0.394 e. The van der Waals surface area contributed by atoms with Gasteiger partial charge >= 0.3 is 6.18 Å². The molecule has 4 aromatic rings. The number of hydrogen-bond acceptors (Lipinski definition) is 6. The number of nitrogens with zero attached hydrogens (tertiary/aromatic N) is 5. The molecule has 220 valence electrons. The quantitative estimate of drug-likeness (QED) is 0.354. The number of carbonyl (C=O) groups is 1. The Labute approximate surface area is 244 Å². The monoisotopic (exact) mass is 600 g/mol. The Bertz CT molecular complexity index is 1650. The molecule has 0 aliphatic carbocycles. The van der Waals surface area contributed by atoms with E-state index in [1.807, 2.05) is 31.2 Å². The molecule has 2 N–H and O–H groups in total. The lowest BCUT2D eigenvalue weighted by atomic mass is 9.93. The normalized spacial score (nSPS) is 20.0. The van der Waals surface area contributed by atoms with Crippen LogP contribution in [0.5, 0.6) is 0 Å². The number of benzene rings is 2. The zero-order chi connectivity index (χ0) is 30.0. The second-order valence-corrected chi connectivity index (χ2v) is 10.8. The summed E-state index contributed by atoms with van der Waals surface area (Å²) in [7, 11) is 0. The summed E-state index contributed by atoms with van der Waals surface area (Å²) in [6, 6.07) is 12.6. The van der Waals surface area contributed by atoms with E-state index in [0.717, 1.165) is 22.0 Å². The van der Waals surface area contributed by atoms with Crippen molar-refractivity contribution < 1.29 is 23.1 Å². The summed E-state index contributed by atoms with van der Waals surface area (Å²) in [5.74, 6) is -0.400. The van der Waals surface area contributed by atoms with E-state index < -0.39 is 17.9 Å². The predicted molar refractivity (Wildman–Crippen MR) is 149 cm³/mol. The van der Waals surface area contributed by atoms with Gasteiger partial charge in [0.25, 0.3) is 5.56 Å². The van der Waals surface area contributed by atoms with Crippen molar-refractivity contribution in [1.29, 1.82) is 0 Å². The second-order valence-electron chi connectivity index (χ2n) is 10.4. The highest BCUT2D eigenvalue weighted by molar-refractivity contribution is 6.31. The molecule has 13 heteroatoms. The number of aliphatic hydroxyl groups is 1. The average molecular weight is 601 g/mol. The van der Waals surface area contributed by atoms with Gasteiger partial charge in [0.2, 0.25) is 5.91 Å². The average Bonchev–Trinajstić information content (AvgIpc) is 3.46. The molecule has 0 spiro atoms. The highest BCUT2D eigenvalue weighted by atomic mass is 35.5. The lowest BCUT2D eigenvalue weighted by Crippen LogP contribution is -2.42. The van der Waals surface area contributed by atoms with Crippen LogP contribution in [0, 0.1) is 5.92 Å². The highest BCUT2D eigenvalue weighted by Crippen LogP contribution is 2.32. The first kappa shape index (κ1) is 29.5. The van der Waals surface area contributed by atoms with E-state index in [0.29, 0.717) is 36.3 Å². The summed E-state index contributed by atoms with van der Waals surface area (Å²) < 4.78 is 41.9. The summed E-state index contributed by atoms with van der Waals surface area (Å²) >= 11 is 6.21. The Kier molecular flexibility index (Phi) is 8.46. The number of amides is 1. The van der Waals surface area contributed by atoms with Crippen LogP contribution in [0.1, 0.15) is 49.0 Å². The first-order valence-electron chi connectivity index (χ1n) is 13.4. The van der Waals surface area contributed by atoms with Crippen LogP contribution in [0.2, 0.25) is 5.02 Å². The zero-order valence-corrected chi connectivity index (χ0v) is 23.3. The van der Waals surface area contributed by atoms with E-state index in [9.17, 15) is 27.9 Å². The Morgan fingerprint density at radius 1 is 1.12 bits per heavy atom. The van der Waals surface area contributed by atoms with Gasteiger partial charge in [0.05, 0.1) is 42.6 Å². The Morgan fingerprint density at radius 3 is 2.64 bits per heavy atom. The third kappa shape index (κ3) is 6.39. The zero-order valence-electron chi connectivity index (χ0n) is 22.6. The van der Waals surface area contributed by atoms with Crippen LogP contribution in [0.3, 0.4) is 0 Å². The van der Waals surface area contributed by atoms with Crippen molar-refractivity contribution in [3.8, 4) is 16.9 Å². The van der Waals surface area contributed by atoms with Crippen molar-refractivity contribution in [3.05, 3.63) is 93.3 Å². The second kappa shape index (κ2) is 12.1. The summed E-state index contributed by atoms with van der Waals surface area (Å²) in [4.78, 5) is 30.7. The number of rotatable bonds is 4. The van der Waals surface area contributed by atoms with Crippen molar-refractivity contribution in [2.24, 2.45) is 5.92 Å². The van der Waals surface area contributed by atoms with Gasteiger partial charge in [0.15, 0.2) is 5.69 Å². The van der Waals surface area contributed by atoms with Crippen LogP contribution >= 0.6 is 11.6 Å². The molecule has 2 aromatic carbocycles. The first-order chi connectivity index (χ1) is 20.0. The summed E-state index contributed by atoms with van der Waals surface area (Å²) in [5, 5.41) is 19.9. The number of alkyl halides is 3. The van der Waals surface area contributed by atoms with Crippen LogP contribution in [-0.4, -0.2) is 48.2 Å². The van der Waals surface area contributed by atoms with E-state index in [4.69, 9.17) is 11.6 Å². The number of aliphatic hydroxyl groups excluding tert-OH is 1. The summed E-state index contributed by atoms with van der Waals surface area (Å²) in [6.45, 7) is 1.64. The van der Waals surface area contributed by atoms with Crippen molar-refractivity contribution in [2.45, 2.75) is 50.9 Å². The van der Waals surface area contributed by atoms with E-state index in [1.54, 1.807) is 0 Å². The van der Waals surface area contributed by atoms with Gasteiger partial charge in [0.1, 0.15) is 0 Å². The Morgan fingerprint density at radius 2 is 1.93 bits per heavy atom. The van der Waals surface area contributed by atoms with Crippen LogP contribution in [0.25, 0.3) is 16.9 Å². The molecule has 42 heavy (non-hydrogen) atoms. The highest BCUT2D eigenvalue weighted by Gasteiger charge is 2.35. The molecule has 5 rings (SSSR count). The molecular formula is C29H28ClF3N6O3. The molecular weight excluding hydrogens is 573 g/mol. The van der Waals surface area contributed by atoms with Crippen molar-refractivity contribution in [3.63, 3.8) is 0 Å². The molecule has 1 aliphatic rings. The fourth-order valence-corrected chi connectivity index (χ4v) is 5.32. The lowest BCUT2D eigenvalue weighted by molar-refractivity contribution is -0.141. The van der Waals surface area contributed by atoms with E-state index in [2.05, 4.69) is 20.6 Å². The van der Waals surface area contributed by atoms with Gasteiger partial charge in [-0.05, 0) is 48.6 Å². The molecule has 0 fully saturated rings. The maximum absolute atomic E-state index is 13.6. The van der Waals surface area contributed by atoms with E-state index in [-0.39, 0.29) is 41.4 Å². The van der Waals surface area contributed by atoms with Crippen LogP contribution in [-0.2, 0) is 17.4 Å². The summed E-state index contributed by atoms with van der Waals surface area (Å²) in [5.41, 5.74) is 0.979. The number of aromatic nitrogens is 5. The number of carbonyl (C=O) groups excluding carboxylic acids is 1. The molecule has 0 unspecified atom stereocenters. The number of nitrogens with one attached hydrogen (secondary N) is 1. The topological polar surface area (TPSA) is 115 Å². The molecule has 3 atom stereocenters. The number of halogens is 4. The predicted octanol–water partition coefficient (Wildman–Crippen LogP) is 4.59. The molecule has 2 aromatic heterocycles. The van der Waals surface area contributed by atoms with E-state index >= 15 is 0 Å². The molecule has 0 radical (unpaired) electrons. The van der Waals surface area contributed by atoms with E-state index in [1.165, 1.54) is 35.2 Å². The standard InChI is InChI=1S/C29H28ClF3N6O3/c1-17-4-2-7-24(19-6-3-5-18(10-19)11-21(15-40)35-28(17)42)38-16-34-23(13-27(38)41)22-12-20(30)8-9-25(22)39-14-26(36-37-39)29(31,32)33/h3,5-6,8-10,12-14,16-17,21,24,40H,2,4,7,11,15H2,1H3,(H,35,42)/t17-,21-,24+/m1/s1. The number of hydrogen-bond donors (Lipinski definition) is 2. The largest absolute Gasteiger partial charge is 0.436 e.